The highest BCUT2D eigenvalue weighted by atomic mass is 32.1. The van der Waals surface area contributed by atoms with E-state index in [0.717, 1.165) is 5.56 Å². The summed E-state index contributed by atoms with van der Waals surface area (Å²) in [6.07, 6.45) is 0. The molecular formula is C22H24N6O3S. The van der Waals surface area contributed by atoms with Gasteiger partial charge in [0.25, 0.3) is 11.7 Å². The average molecular weight is 453 g/mol. The minimum Gasteiger partial charge on any atom is -0.368 e. The van der Waals surface area contributed by atoms with Crippen molar-refractivity contribution in [1.82, 2.24) is 20.6 Å². The molecule has 2 aromatic heterocycles. The Morgan fingerprint density at radius 3 is 2.09 bits per heavy atom. The Bertz CT molecular complexity index is 1060. The van der Waals surface area contributed by atoms with Crippen molar-refractivity contribution < 1.29 is 14.4 Å². The van der Waals surface area contributed by atoms with Gasteiger partial charge in [0.05, 0.1) is 4.88 Å². The fourth-order valence-corrected chi connectivity index (χ4v) is 3.40. The first-order valence-corrected chi connectivity index (χ1v) is 10.9. The number of amides is 2. The number of hydrogen-bond donors (Lipinski definition) is 4. The van der Waals surface area contributed by atoms with Crippen molar-refractivity contribution in [2.45, 2.75) is 6.92 Å². The van der Waals surface area contributed by atoms with Gasteiger partial charge in [0.1, 0.15) is 11.6 Å². The van der Waals surface area contributed by atoms with Crippen LogP contribution in [0.1, 0.15) is 16.6 Å². The van der Waals surface area contributed by atoms with Crippen LogP contribution in [0.4, 0.5) is 11.6 Å². The van der Waals surface area contributed by atoms with Gasteiger partial charge in [0, 0.05) is 44.7 Å². The number of ketones is 1. The number of carbonyl (C=O) groups excluding carboxylic acids is 3. The molecule has 0 fully saturated rings. The number of carbonyl (C=O) groups is 3. The van der Waals surface area contributed by atoms with Gasteiger partial charge in [0.2, 0.25) is 5.91 Å². The number of hydrogen-bond acceptors (Lipinski definition) is 8. The van der Waals surface area contributed by atoms with Gasteiger partial charge in [-0.3, -0.25) is 14.4 Å². The Morgan fingerprint density at radius 2 is 1.50 bits per heavy atom. The molecule has 0 spiro atoms. The number of benzene rings is 1. The molecule has 0 saturated heterocycles. The molecule has 166 valence electrons. The van der Waals surface area contributed by atoms with E-state index in [1.54, 1.807) is 23.6 Å². The number of thiophene rings is 1. The topological polar surface area (TPSA) is 125 Å². The van der Waals surface area contributed by atoms with Crippen LogP contribution < -0.4 is 21.3 Å². The fraction of sp³-hybridized carbons (Fsp3) is 0.227. The molecule has 2 heterocycles. The zero-order valence-electron chi connectivity index (χ0n) is 17.6. The van der Waals surface area contributed by atoms with E-state index in [0.29, 0.717) is 42.0 Å². The molecule has 0 aliphatic heterocycles. The molecule has 3 rings (SSSR count). The van der Waals surface area contributed by atoms with Crippen LogP contribution in [0, 0.1) is 0 Å². The standard InChI is InChI=1S/C22H24N6O3S/c1-15(29)23-9-10-24-18-14-19(28-21(27-18)16-6-3-2-4-7-16)25-11-12-26-22(31)20(30)17-8-5-13-32-17/h2-8,13-14H,9-12H2,1H3,(H,23,29)(H,26,31)(H2,24,25,27,28). The van der Waals surface area contributed by atoms with Crippen molar-refractivity contribution in [2.24, 2.45) is 0 Å². The first-order valence-electron chi connectivity index (χ1n) is 10.1. The predicted octanol–water partition coefficient (Wildman–Crippen LogP) is 2.16. The van der Waals surface area contributed by atoms with Crippen LogP contribution >= 0.6 is 11.3 Å². The maximum absolute atomic E-state index is 12.0. The molecule has 2 amide bonds. The molecular weight excluding hydrogens is 428 g/mol. The fourth-order valence-electron chi connectivity index (χ4n) is 2.74. The summed E-state index contributed by atoms with van der Waals surface area (Å²) in [6, 6.07) is 14.7. The van der Waals surface area contributed by atoms with E-state index in [-0.39, 0.29) is 12.5 Å². The van der Waals surface area contributed by atoms with Crippen molar-refractivity contribution in [1.29, 1.82) is 0 Å². The van der Waals surface area contributed by atoms with E-state index in [1.807, 2.05) is 30.3 Å². The van der Waals surface area contributed by atoms with Gasteiger partial charge in [0.15, 0.2) is 5.82 Å². The molecule has 1 aromatic carbocycles. The van der Waals surface area contributed by atoms with Crippen molar-refractivity contribution in [3.8, 4) is 11.4 Å². The minimum absolute atomic E-state index is 0.0959. The van der Waals surface area contributed by atoms with Crippen molar-refractivity contribution >= 4 is 40.6 Å². The van der Waals surface area contributed by atoms with Crippen molar-refractivity contribution in [3.05, 3.63) is 58.8 Å². The second kappa shape index (κ2) is 11.6. The number of rotatable bonds is 11. The highest BCUT2D eigenvalue weighted by Gasteiger charge is 2.16. The Hall–Kier alpha value is -3.79. The second-order valence-electron chi connectivity index (χ2n) is 6.73. The van der Waals surface area contributed by atoms with Gasteiger partial charge in [-0.25, -0.2) is 9.97 Å². The molecule has 3 aromatic rings. The lowest BCUT2D eigenvalue weighted by atomic mass is 10.2. The van der Waals surface area contributed by atoms with E-state index < -0.39 is 11.7 Å². The Labute approximate surface area is 189 Å². The van der Waals surface area contributed by atoms with Gasteiger partial charge in [-0.05, 0) is 11.4 Å². The van der Waals surface area contributed by atoms with E-state index in [4.69, 9.17) is 0 Å². The molecule has 0 unspecified atom stereocenters. The highest BCUT2D eigenvalue weighted by Crippen LogP contribution is 2.20. The third-order valence-corrected chi connectivity index (χ3v) is 5.10. The summed E-state index contributed by atoms with van der Waals surface area (Å²) in [4.78, 5) is 44.5. The van der Waals surface area contributed by atoms with Crippen LogP contribution in [-0.4, -0.2) is 53.7 Å². The summed E-state index contributed by atoms with van der Waals surface area (Å²) in [5, 5.41) is 13.4. The molecule has 0 atom stereocenters. The van der Waals surface area contributed by atoms with Crippen LogP contribution in [0.2, 0.25) is 0 Å². The van der Waals surface area contributed by atoms with Crippen LogP contribution in [0.3, 0.4) is 0 Å². The minimum atomic E-state index is -0.637. The Morgan fingerprint density at radius 1 is 0.844 bits per heavy atom. The van der Waals surface area contributed by atoms with E-state index in [9.17, 15) is 14.4 Å². The summed E-state index contributed by atoms with van der Waals surface area (Å²) < 4.78 is 0. The van der Waals surface area contributed by atoms with Gasteiger partial charge < -0.3 is 21.3 Å². The Kier molecular flexibility index (Phi) is 8.27. The molecule has 4 N–H and O–H groups in total. The van der Waals surface area contributed by atoms with E-state index in [1.165, 1.54) is 18.3 Å². The summed E-state index contributed by atoms with van der Waals surface area (Å²) in [6.45, 7) is 3.07. The smallest absolute Gasteiger partial charge is 0.293 e. The van der Waals surface area contributed by atoms with Crippen molar-refractivity contribution in [2.75, 3.05) is 36.8 Å². The largest absolute Gasteiger partial charge is 0.368 e. The number of aromatic nitrogens is 2. The van der Waals surface area contributed by atoms with Gasteiger partial charge in [-0.1, -0.05) is 36.4 Å². The molecule has 32 heavy (non-hydrogen) atoms. The normalized spacial score (nSPS) is 10.3. The highest BCUT2D eigenvalue weighted by molar-refractivity contribution is 7.13. The number of anilines is 2. The summed E-state index contributed by atoms with van der Waals surface area (Å²) in [5.74, 6) is 0.431. The molecule has 9 nitrogen and oxygen atoms in total. The maximum atomic E-state index is 12.0. The maximum Gasteiger partial charge on any atom is 0.293 e. The van der Waals surface area contributed by atoms with Crippen LogP contribution in [0.5, 0.6) is 0 Å². The lowest BCUT2D eigenvalue weighted by Crippen LogP contribution is -2.34. The average Bonchev–Trinajstić information content (AvgIpc) is 3.34. The third-order valence-electron chi connectivity index (χ3n) is 4.23. The third kappa shape index (κ3) is 6.88. The zero-order chi connectivity index (χ0) is 22.8. The molecule has 0 bridgehead atoms. The first-order chi connectivity index (χ1) is 15.5. The first kappa shape index (κ1) is 22.9. The van der Waals surface area contributed by atoms with Crippen LogP contribution in [-0.2, 0) is 9.59 Å². The second-order valence-corrected chi connectivity index (χ2v) is 7.67. The van der Waals surface area contributed by atoms with Crippen LogP contribution in [0.25, 0.3) is 11.4 Å². The molecule has 0 aliphatic carbocycles. The van der Waals surface area contributed by atoms with Crippen LogP contribution in [0.15, 0.2) is 53.9 Å². The van der Waals surface area contributed by atoms with Gasteiger partial charge >= 0.3 is 0 Å². The lowest BCUT2D eigenvalue weighted by Gasteiger charge is -2.12. The summed E-state index contributed by atoms with van der Waals surface area (Å²) in [5.41, 5.74) is 0.857. The summed E-state index contributed by atoms with van der Waals surface area (Å²) in [7, 11) is 0. The Balaban J connectivity index is 1.60. The summed E-state index contributed by atoms with van der Waals surface area (Å²) >= 11 is 1.23. The van der Waals surface area contributed by atoms with Crippen molar-refractivity contribution in [3.63, 3.8) is 0 Å². The molecule has 0 aliphatic rings. The zero-order valence-corrected chi connectivity index (χ0v) is 18.4. The predicted molar refractivity (Wildman–Crippen MR) is 125 cm³/mol. The molecule has 0 saturated carbocycles. The number of nitrogens with zero attached hydrogens (tertiary/aromatic N) is 2. The van der Waals surface area contributed by atoms with Gasteiger partial charge in [-0.15, -0.1) is 11.3 Å². The quantitative estimate of drug-likeness (QED) is 0.200. The molecule has 0 radical (unpaired) electrons. The molecule has 10 heteroatoms. The lowest BCUT2D eigenvalue weighted by molar-refractivity contribution is -0.119. The van der Waals surface area contributed by atoms with Gasteiger partial charge in [-0.2, -0.15) is 0 Å². The number of Topliss-reactive ketones (excluding diaryl/α,β-unsaturated/α-hetero) is 1. The van der Waals surface area contributed by atoms with E-state index >= 15 is 0 Å². The number of nitrogens with one attached hydrogen (secondary N) is 4. The SMILES string of the molecule is CC(=O)NCCNc1cc(NCCNC(=O)C(=O)c2cccs2)nc(-c2ccccc2)n1. The monoisotopic (exact) mass is 452 g/mol. The van der Waals surface area contributed by atoms with E-state index in [2.05, 4.69) is 31.2 Å².